The number of ether oxygens (including phenoxy) is 1. The summed E-state index contributed by atoms with van der Waals surface area (Å²) < 4.78 is 6.61. The van der Waals surface area contributed by atoms with Crippen molar-refractivity contribution in [1.82, 2.24) is 15.1 Å². The molecule has 0 spiro atoms. The van der Waals surface area contributed by atoms with Gasteiger partial charge < -0.3 is 25.4 Å². The number of rotatable bonds is 8. The molecule has 40 heavy (non-hydrogen) atoms. The summed E-state index contributed by atoms with van der Waals surface area (Å²) >= 11 is 12.3. The molecule has 218 valence electrons. The van der Waals surface area contributed by atoms with Gasteiger partial charge in [-0.2, -0.15) is 0 Å². The van der Waals surface area contributed by atoms with Crippen LogP contribution in [-0.2, 0) is 6.54 Å². The number of carbonyl (C=O) groups excluding carboxylic acids is 2. The van der Waals surface area contributed by atoms with Crippen molar-refractivity contribution >= 4 is 40.8 Å². The van der Waals surface area contributed by atoms with Gasteiger partial charge in [-0.3, -0.25) is 9.69 Å². The zero-order valence-electron chi connectivity index (χ0n) is 23.5. The zero-order valence-corrected chi connectivity index (χ0v) is 25.0. The summed E-state index contributed by atoms with van der Waals surface area (Å²) in [6, 6.07) is 10.3. The van der Waals surface area contributed by atoms with Gasteiger partial charge in [-0.05, 0) is 56.6 Å². The summed E-state index contributed by atoms with van der Waals surface area (Å²) in [6.07, 6.45) is 5.04. The molecule has 8 nitrogen and oxygen atoms in total. The van der Waals surface area contributed by atoms with Crippen LogP contribution in [0.25, 0.3) is 0 Å². The lowest BCUT2D eigenvalue weighted by molar-refractivity contribution is 0.0343. The van der Waals surface area contributed by atoms with Gasteiger partial charge in [-0.1, -0.05) is 61.5 Å². The third-order valence-corrected chi connectivity index (χ3v) is 8.55. The molecule has 0 aromatic heterocycles. The average Bonchev–Trinajstić information content (AvgIpc) is 2.93. The number of hydrogen-bond acceptors (Lipinski definition) is 5. The van der Waals surface area contributed by atoms with E-state index >= 15 is 0 Å². The van der Waals surface area contributed by atoms with Crippen molar-refractivity contribution in [2.75, 3.05) is 32.1 Å². The second kappa shape index (κ2) is 13.9. The molecule has 3 atom stereocenters. The van der Waals surface area contributed by atoms with Crippen LogP contribution in [-0.4, -0.2) is 71.8 Å². The van der Waals surface area contributed by atoms with E-state index in [0.717, 1.165) is 31.2 Å². The van der Waals surface area contributed by atoms with Crippen LogP contribution < -0.4 is 15.4 Å². The molecular formula is C30H40Cl2N4O4. The molecule has 0 radical (unpaired) electrons. The summed E-state index contributed by atoms with van der Waals surface area (Å²) in [5.41, 5.74) is 1.82. The average molecular weight is 592 g/mol. The van der Waals surface area contributed by atoms with E-state index in [1.807, 2.05) is 33.0 Å². The van der Waals surface area contributed by atoms with E-state index in [0.29, 0.717) is 46.7 Å². The Morgan fingerprint density at radius 2 is 1.93 bits per heavy atom. The number of hydrogen-bond donors (Lipinski definition) is 3. The van der Waals surface area contributed by atoms with Crippen LogP contribution in [0.5, 0.6) is 5.75 Å². The standard InChI is InChI=1S/C30H40Cl2N4O4/c1-19-15-36(20(2)18-37)29(38)23-10-7-11-26(34-30(39)33-22-8-5-4-6-9-22)28(23)40-27(19)17-35(3)16-21-12-13-24(31)25(32)14-21/h7,10-14,19-20,22,27,37H,4-6,8-9,15-18H2,1-3H3,(H2,33,34,39)/t19-,20+,27+/m1/s1. The van der Waals surface area contributed by atoms with Gasteiger partial charge >= 0.3 is 6.03 Å². The van der Waals surface area contributed by atoms with E-state index in [2.05, 4.69) is 15.5 Å². The second-order valence-electron chi connectivity index (χ2n) is 11.2. The molecule has 0 saturated heterocycles. The Balaban J connectivity index is 1.60. The molecule has 10 heteroatoms. The number of anilines is 1. The summed E-state index contributed by atoms with van der Waals surface area (Å²) in [5.74, 6) is 0.0507. The van der Waals surface area contributed by atoms with Gasteiger partial charge in [0.25, 0.3) is 5.91 Å². The fourth-order valence-corrected chi connectivity index (χ4v) is 5.79. The largest absolute Gasteiger partial charge is 0.486 e. The van der Waals surface area contributed by atoms with Crippen molar-refractivity contribution in [2.24, 2.45) is 5.92 Å². The van der Waals surface area contributed by atoms with Crippen LogP contribution in [0, 0.1) is 5.92 Å². The molecule has 3 N–H and O–H groups in total. The van der Waals surface area contributed by atoms with Crippen molar-refractivity contribution in [2.45, 2.75) is 70.7 Å². The van der Waals surface area contributed by atoms with Crippen molar-refractivity contribution in [3.8, 4) is 5.75 Å². The maximum atomic E-state index is 13.7. The first kappa shape index (κ1) is 30.4. The second-order valence-corrected chi connectivity index (χ2v) is 12.0. The highest BCUT2D eigenvalue weighted by atomic mass is 35.5. The number of fused-ring (bicyclic) bond motifs is 1. The third-order valence-electron chi connectivity index (χ3n) is 7.81. The number of nitrogens with zero attached hydrogens (tertiary/aromatic N) is 2. The van der Waals surface area contributed by atoms with Crippen LogP contribution in [0.15, 0.2) is 36.4 Å². The van der Waals surface area contributed by atoms with E-state index in [9.17, 15) is 14.7 Å². The first-order valence-electron chi connectivity index (χ1n) is 14.1. The van der Waals surface area contributed by atoms with Crippen LogP contribution >= 0.6 is 23.2 Å². The lowest BCUT2D eigenvalue weighted by Crippen LogP contribution is -2.50. The highest BCUT2D eigenvalue weighted by Gasteiger charge is 2.34. The first-order chi connectivity index (χ1) is 19.2. The van der Waals surface area contributed by atoms with Crippen molar-refractivity contribution in [3.05, 3.63) is 57.6 Å². The van der Waals surface area contributed by atoms with Gasteiger partial charge in [0.1, 0.15) is 6.10 Å². The normalized spacial score (nSPS) is 20.8. The summed E-state index contributed by atoms with van der Waals surface area (Å²) in [6.45, 7) is 5.31. The van der Waals surface area contributed by atoms with E-state index in [1.54, 1.807) is 29.2 Å². The number of benzene rings is 2. The Labute approximate surface area is 247 Å². The zero-order chi connectivity index (χ0) is 28.8. The Hall–Kier alpha value is -2.52. The highest BCUT2D eigenvalue weighted by Crippen LogP contribution is 2.35. The molecule has 2 aromatic rings. The Kier molecular flexibility index (Phi) is 10.6. The van der Waals surface area contributed by atoms with Crippen LogP contribution in [0.3, 0.4) is 0 Å². The van der Waals surface area contributed by atoms with Gasteiger partial charge in [-0.25, -0.2) is 4.79 Å². The van der Waals surface area contributed by atoms with Gasteiger partial charge in [0.05, 0.1) is 33.9 Å². The summed E-state index contributed by atoms with van der Waals surface area (Å²) in [7, 11) is 2.00. The number of likely N-dealkylation sites (N-methyl/N-ethyl adjacent to an activating group) is 1. The first-order valence-corrected chi connectivity index (χ1v) is 14.8. The third kappa shape index (κ3) is 7.60. The van der Waals surface area contributed by atoms with Gasteiger partial charge in [-0.15, -0.1) is 0 Å². The Morgan fingerprint density at radius 3 is 2.62 bits per heavy atom. The lowest BCUT2D eigenvalue weighted by Gasteiger charge is -2.38. The molecule has 1 fully saturated rings. The smallest absolute Gasteiger partial charge is 0.319 e. The molecule has 1 heterocycles. The van der Waals surface area contributed by atoms with Crippen LogP contribution in [0.4, 0.5) is 10.5 Å². The molecule has 2 aromatic carbocycles. The van der Waals surface area contributed by atoms with E-state index < -0.39 is 0 Å². The SMILES string of the molecule is C[C@@H]1CN([C@@H](C)CO)C(=O)c2cccc(NC(=O)NC3CCCCC3)c2O[C@H]1CN(C)Cc1ccc(Cl)c(Cl)c1. The molecule has 4 rings (SSSR count). The minimum Gasteiger partial charge on any atom is -0.486 e. The fourth-order valence-electron chi connectivity index (χ4n) is 5.47. The minimum atomic E-state index is -0.373. The molecule has 0 unspecified atom stereocenters. The molecule has 1 aliphatic heterocycles. The number of urea groups is 1. The number of amides is 3. The number of aliphatic hydroxyl groups is 1. The van der Waals surface area contributed by atoms with Gasteiger partial charge in [0.15, 0.2) is 5.75 Å². The Bertz CT molecular complexity index is 1190. The van der Waals surface area contributed by atoms with Gasteiger partial charge in [0, 0.05) is 31.6 Å². The fraction of sp³-hybridized carbons (Fsp3) is 0.533. The molecule has 1 aliphatic carbocycles. The Morgan fingerprint density at radius 1 is 1.18 bits per heavy atom. The molecular weight excluding hydrogens is 551 g/mol. The molecule has 1 saturated carbocycles. The topological polar surface area (TPSA) is 94.1 Å². The monoisotopic (exact) mass is 590 g/mol. The van der Waals surface area contributed by atoms with Crippen LogP contribution in [0.1, 0.15) is 61.9 Å². The van der Waals surface area contributed by atoms with Crippen molar-refractivity contribution < 1.29 is 19.4 Å². The number of aliphatic hydroxyl groups excluding tert-OH is 1. The summed E-state index contributed by atoms with van der Waals surface area (Å²) in [5, 5.41) is 17.0. The molecule has 2 aliphatic rings. The van der Waals surface area contributed by atoms with E-state index in [1.165, 1.54) is 6.42 Å². The number of carbonyl (C=O) groups is 2. The molecule has 3 amide bonds. The lowest BCUT2D eigenvalue weighted by atomic mass is 9.96. The van der Waals surface area contributed by atoms with E-state index in [-0.39, 0.29) is 42.7 Å². The van der Waals surface area contributed by atoms with E-state index in [4.69, 9.17) is 27.9 Å². The predicted molar refractivity (Wildman–Crippen MR) is 159 cm³/mol. The van der Waals surface area contributed by atoms with Crippen LogP contribution in [0.2, 0.25) is 10.0 Å². The maximum Gasteiger partial charge on any atom is 0.319 e. The predicted octanol–water partition coefficient (Wildman–Crippen LogP) is 5.80. The number of halogens is 2. The minimum absolute atomic E-state index is 0.0634. The number of para-hydroxylation sites is 1. The number of nitrogens with one attached hydrogen (secondary N) is 2. The van der Waals surface area contributed by atoms with Crippen molar-refractivity contribution in [3.63, 3.8) is 0 Å². The maximum absolute atomic E-state index is 13.7. The van der Waals surface area contributed by atoms with Gasteiger partial charge in [0.2, 0.25) is 0 Å². The van der Waals surface area contributed by atoms with Crippen molar-refractivity contribution in [1.29, 1.82) is 0 Å². The summed E-state index contributed by atoms with van der Waals surface area (Å²) in [4.78, 5) is 30.5. The quantitative estimate of drug-likeness (QED) is 0.361. The highest BCUT2D eigenvalue weighted by molar-refractivity contribution is 6.42. The molecule has 0 bridgehead atoms.